The maximum absolute atomic E-state index is 13.8. The molecule has 1 heterocycles. The van der Waals surface area contributed by atoms with E-state index in [4.69, 9.17) is 11.6 Å². The Hall–Kier alpha value is -0.840. The summed E-state index contributed by atoms with van der Waals surface area (Å²) in [6, 6.07) is 4.21. The van der Waals surface area contributed by atoms with E-state index in [1.54, 1.807) is 11.0 Å². The summed E-state index contributed by atoms with van der Waals surface area (Å²) in [5, 5.41) is 3.45. The number of halogens is 3. The predicted molar refractivity (Wildman–Crippen MR) is 85.8 cm³/mol. The lowest BCUT2D eigenvalue weighted by atomic mass is 9.93. The first kappa shape index (κ1) is 18.2. The van der Waals surface area contributed by atoms with Crippen molar-refractivity contribution >= 4 is 29.9 Å². The molecule has 1 aromatic carbocycles. The van der Waals surface area contributed by atoms with Crippen LogP contribution in [0, 0.1) is 11.7 Å². The molecular weight excluding hydrogens is 314 g/mol. The summed E-state index contributed by atoms with van der Waals surface area (Å²) in [7, 11) is 1.95. The summed E-state index contributed by atoms with van der Waals surface area (Å²) in [6.45, 7) is 2.41. The zero-order chi connectivity index (χ0) is 14.5. The molecule has 118 valence electrons. The number of rotatable bonds is 4. The molecule has 1 aromatic rings. The molecule has 2 rings (SSSR count). The van der Waals surface area contributed by atoms with Gasteiger partial charge in [0.15, 0.2) is 0 Å². The minimum Gasteiger partial charge on any atom is -0.339 e. The van der Waals surface area contributed by atoms with E-state index in [2.05, 4.69) is 5.32 Å². The van der Waals surface area contributed by atoms with Crippen molar-refractivity contribution in [3.63, 3.8) is 0 Å². The quantitative estimate of drug-likeness (QED) is 0.915. The Balaban J connectivity index is 0.00000220. The van der Waals surface area contributed by atoms with Gasteiger partial charge in [-0.05, 0) is 57.0 Å². The molecule has 1 saturated heterocycles. The number of nitrogens with one attached hydrogen (secondary N) is 1. The highest BCUT2D eigenvalue weighted by atomic mass is 35.5. The fourth-order valence-electron chi connectivity index (χ4n) is 2.61. The summed E-state index contributed by atoms with van der Waals surface area (Å²) in [5.74, 6) is -0.118. The van der Waals surface area contributed by atoms with Crippen LogP contribution in [0.3, 0.4) is 0 Å². The first-order valence-corrected chi connectivity index (χ1v) is 7.38. The third kappa shape index (κ3) is 4.83. The van der Waals surface area contributed by atoms with Gasteiger partial charge in [0.2, 0.25) is 0 Å². The Labute approximate surface area is 136 Å². The van der Waals surface area contributed by atoms with Crippen molar-refractivity contribution in [2.24, 2.45) is 5.92 Å². The fourth-order valence-corrected chi connectivity index (χ4v) is 2.77. The van der Waals surface area contributed by atoms with Gasteiger partial charge >= 0.3 is 0 Å². The molecule has 0 bridgehead atoms. The van der Waals surface area contributed by atoms with Gasteiger partial charge in [0.1, 0.15) is 5.82 Å². The van der Waals surface area contributed by atoms with E-state index in [1.807, 2.05) is 7.05 Å². The lowest BCUT2D eigenvalue weighted by Crippen LogP contribution is -2.39. The van der Waals surface area contributed by atoms with Crippen molar-refractivity contribution in [2.75, 3.05) is 26.7 Å². The Morgan fingerprint density at radius 2 is 2.10 bits per heavy atom. The van der Waals surface area contributed by atoms with Crippen LogP contribution in [-0.4, -0.2) is 37.5 Å². The molecule has 0 unspecified atom stereocenters. The molecule has 0 radical (unpaired) electrons. The maximum atomic E-state index is 13.8. The minimum atomic E-state index is -0.542. The lowest BCUT2D eigenvalue weighted by Gasteiger charge is -2.32. The van der Waals surface area contributed by atoms with E-state index in [1.165, 1.54) is 12.1 Å². The molecule has 0 atom stereocenters. The van der Waals surface area contributed by atoms with Crippen LogP contribution in [0.5, 0.6) is 0 Å². The second-order valence-electron chi connectivity index (χ2n) is 5.25. The van der Waals surface area contributed by atoms with Crippen LogP contribution in [0.15, 0.2) is 18.2 Å². The van der Waals surface area contributed by atoms with Crippen molar-refractivity contribution in [3.8, 4) is 0 Å². The van der Waals surface area contributed by atoms with Gasteiger partial charge in [0.25, 0.3) is 5.91 Å². The number of nitrogens with zero attached hydrogens (tertiary/aromatic N) is 1. The molecule has 0 spiro atoms. The molecule has 1 N–H and O–H groups in total. The first-order valence-electron chi connectivity index (χ1n) is 7.00. The van der Waals surface area contributed by atoms with E-state index in [9.17, 15) is 9.18 Å². The molecule has 1 aliphatic rings. The van der Waals surface area contributed by atoms with Gasteiger partial charge in [0, 0.05) is 18.1 Å². The molecule has 21 heavy (non-hydrogen) atoms. The summed E-state index contributed by atoms with van der Waals surface area (Å²) in [4.78, 5) is 14.0. The predicted octanol–water partition coefficient (Wildman–Crippen LogP) is 3.36. The second kappa shape index (κ2) is 8.57. The van der Waals surface area contributed by atoms with Crippen LogP contribution >= 0.6 is 24.0 Å². The van der Waals surface area contributed by atoms with E-state index >= 15 is 0 Å². The maximum Gasteiger partial charge on any atom is 0.256 e. The van der Waals surface area contributed by atoms with Gasteiger partial charge in [-0.2, -0.15) is 0 Å². The summed E-state index contributed by atoms with van der Waals surface area (Å²) >= 11 is 5.70. The van der Waals surface area contributed by atoms with Gasteiger partial charge in [-0.3, -0.25) is 4.79 Å². The number of carbonyl (C=O) groups excluding carboxylic acids is 1. The van der Waals surface area contributed by atoms with Crippen LogP contribution in [0.2, 0.25) is 5.02 Å². The Bertz CT molecular complexity index is 477. The van der Waals surface area contributed by atoms with Crippen molar-refractivity contribution < 1.29 is 9.18 Å². The average Bonchev–Trinajstić information content (AvgIpc) is 2.45. The normalized spacial score (nSPS) is 15.7. The third-order valence-corrected chi connectivity index (χ3v) is 4.10. The molecule has 3 nitrogen and oxygen atoms in total. The van der Waals surface area contributed by atoms with Crippen LogP contribution in [0.1, 0.15) is 29.6 Å². The smallest absolute Gasteiger partial charge is 0.256 e. The monoisotopic (exact) mass is 334 g/mol. The molecular formula is C15H21Cl2FN2O. The lowest BCUT2D eigenvalue weighted by molar-refractivity contribution is 0.0682. The highest BCUT2D eigenvalue weighted by Gasteiger charge is 2.24. The van der Waals surface area contributed by atoms with Gasteiger partial charge in [-0.15, -0.1) is 12.4 Å². The Kier molecular flexibility index (Phi) is 7.43. The van der Waals surface area contributed by atoms with Crippen LogP contribution < -0.4 is 5.32 Å². The Morgan fingerprint density at radius 3 is 2.67 bits per heavy atom. The molecule has 6 heteroatoms. The molecule has 0 aromatic heterocycles. The number of hydrogen-bond donors (Lipinski definition) is 1. The number of benzene rings is 1. The second-order valence-corrected chi connectivity index (χ2v) is 5.69. The van der Waals surface area contributed by atoms with Gasteiger partial charge in [-0.1, -0.05) is 11.6 Å². The largest absolute Gasteiger partial charge is 0.339 e. The summed E-state index contributed by atoms with van der Waals surface area (Å²) < 4.78 is 13.8. The van der Waals surface area contributed by atoms with Gasteiger partial charge in [0.05, 0.1) is 5.56 Å². The third-order valence-electron chi connectivity index (χ3n) is 3.87. The van der Waals surface area contributed by atoms with Crippen molar-refractivity contribution in [1.29, 1.82) is 0 Å². The van der Waals surface area contributed by atoms with Crippen molar-refractivity contribution in [1.82, 2.24) is 10.2 Å². The topological polar surface area (TPSA) is 32.3 Å². The van der Waals surface area contributed by atoms with Crippen LogP contribution in [-0.2, 0) is 0 Å². The zero-order valence-corrected chi connectivity index (χ0v) is 13.6. The van der Waals surface area contributed by atoms with Crippen LogP contribution in [0.4, 0.5) is 4.39 Å². The van der Waals surface area contributed by atoms with Gasteiger partial charge < -0.3 is 10.2 Å². The number of amides is 1. The number of carbonyl (C=O) groups is 1. The molecule has 1 amide bonds. The van der Waals surface area contributed by atoms with Crippen molar-refractivity contribution in [3.05, 3.63) is 34.6 Å². The minimum absolute atomic E-state index is 0. The van der Waals surface area contributed by atoms with Crippen molar-refractivity contribution in [2.45, 2.75) is 19.3 Å². The zero-order valence-electron chi connectivity index (χ0n) is 12.1. The fraction of sp³-hybridized carbons (Fsp3) is 0.533. The highest BCUT2D eigenvalue weighted by Crippen LogP contribution is 2.23. The summed E-state index contributed by atoms with van der Waals surface area (Å²) in [5.41, 5.74) is 0.114. The van der Waals surface area contributed by atoms with E-state index in [-0.39, 0.29) is 23.9 Å². The molecule has 1 fully saturated rings. The number of hydrogen-bond acceptors (Lipinski definition) is 2. The van der Waals surface area contributed by atoms with Crippen LogP contribution in [0.25, 0.3) is 0 Å². The number of piperidine rings is 1. The molecule has 1 aliphatic heterocycles. The van der Waals surface area contributed by atoms with Gasteiger partial charge in [-0.25, -0.2) is 4.39 Å². The van der Waals surface area contributed by atoms with E-state index < -0.39 is 5.82 Å². The number of likely N-dealkylation sites (tertiary alicyclic amines) is 1. The average molecular weight is 335 g/mol. The summed E-state index contributed by atoms with van der Waals surface area (Å²) in [6.07, 6.45) is 3.11. The highest BCUT2D eigenvalue weighted by molar-refractivity contribution is 6.30. The first-order chi connectivity index (χ1) is 9.61. The molecule has 0 saturated carbocycles. The SMILES string of the molecule is CNCCC1CCN(C(=O)c2ccc(Cl)cc2F)CC1.Cl. The Morgan fingerprint density at radius 1 is 1.43 bits per heavy atom. The van der Waals surface area contributed by atoms with E-state index in [0.717, 1.165) is 25.8 Å². The van der Waals surface area contributed by atoms with E-state index in [0.29, 0.717) is 24.0 Å². The molecule has 0 aliphatic carbocycles. The standard InChI is InChI=1S/C15H20ClFN2O.ClH/c1-18-7-4-11-5-8-19(9-6-11)15(20)13-3-2-12(16)10-14(13)17;/h2-3,10-11,18H,4-9H2,1H3;1H.